The number of piperazine rings is 1. The highest BCUT2D eigenvalue weighted by molar-refractivity contribution is 5.85. The van der Waals surface area contributed by atoms with Gasteiger partial charge in [-0.3, -0.25) is 4.79 Å². The number of aryl methyl sites for hydroxylation is 1. The van der Waals surface area contributed by atoms with Crippen molar-refractivity contribution in [2.45, 2.75) is 32.6 Å². The third kappa shape index (κ3) is 6.36. The molecule has 1 aromatic carbocycles. The van der Waals surface area contributed by atoms with Gasteiger partial charge in [-0.1, -0.05) is 12.1 Å². The van der Waals surface area contributed by atoms with Crippen molar-refractivity contribution in [2.75, 3.05) is 44.2 Å². The molecule has 25 heavy (non-hydrogen) atoms. The number of carbonyl (C=O) groups is 1. The standard InChI is InChI=1S/C19H29N3O.2ClH/c1-16-3-2-4-18(15-16)21-11-13-22(14-12-21)19(23)6-5-17-7-9-20-10-8-17;;/h2-4,15,17,20H,5-14H2,1H3;2*1H. The largest absolute Gasteiger partial charge is 0.368 e. The zero-order valence-corrected chi connectivity index (χ0v) is 16.7. The molecule has 0 saturated carbocycles. The Morgan fingerprint density at radius 2 is 1.80 bits per heavy atom. The van der Waals surface area contributed by atoms with Crippen LogP contribution in [-0.4, -0.2) is 50.1 Å². The van der Waals surface area contributed by atoms with Crippen LogP contribution in [-0.2, 0) is 4.79 Å². The van der Waals surface area contributed by atoms with Crippen LogP contribution in [0.15, 0.2) is 24.3 Å². The Kier molecular flexibility index (Phi) is 9.62. The zero-order valence-electron chi connectivity index (χ0n) is 15.1. The maximum absolute atomic E-state index is 12.4. The number of hydrogen-bond donors (Lipinski definition) is 1. The maximum atomic E-state index is 12.4. The second-order valence-electron chi connectivity index (χ2n) is 6.94. The van der Waals surface area contributed by atoms with Crippen molar-refractivity contribution in [3.63, 3.8) is 0 Å². The summed E-state index contributed by atoms with van der Waals surface area (Å²) in [5.41, 5.74) is 2.58. The van der Waals surface area contributed by atoms with Crippen molar-refractivity contribution >= 4 is 36.4 Å². The molecule has 2 saturated heterocycles. The first kappa shape index (κ1) is 22.1. The molecule has 4 nitrogen and oxygen atoms in total. The number of halogens is 2. The fourth-order valence-electron chi connectivity index (χ4n) is 3.69. The number of hydrogen-bond acceptors (Lipinski definition) is 3. The van der Waals surface area contributed by atoms with Gasteiger partial charge in [-0.05, 0) is 62.9 Å². The van der Waals surface area contributed by atoms with Crippen molar-refractivity contribution in [2.24, 2.45) is 5.92 Å². The summed E-state index contributed by atoms with van der Waals surface area (Å²) in [6.07, 6.45) is 4.26. The molecule has 0 spiro atoms. The van der Waals surface area contributed by atoms with Crippen LogP contribution in [0.25, 0.3) is 0 Å². The molecule has 3 rings (SSSR count). The van der Waals surface area contributed by atoms with Gasteiger partial charge in [-0.2, -0.15) is 0 Å². The van der Waals surface area contributed by atoms with E-state index >= 15 is 0 Å². The van der Waals surface area contributed by atoms with Crippen LogP contribution in [0.4, 0.5) is 5.69 Å². The summed E-state index contributed by atoms with van der Waals surface area (Å²) in [4.78, 5) is 16.9. The number of piperidine rings is 1. The molecular weight excluding hydrogens is 357 g/mol. The van der Waals surface area contributed by atoms with Gasteiger partial charge in [0.2, 0.25) is 5.91 Å². The Balaban J connectivity index is 0.00000156. The topological polar surface area (TPSA) is 35.6 Å². The van der Waals surface area contributed by atoms with E-state index < -0.39 is 0 Å². The van der Waals surface area contributed by atoms with E-state index in [0.717, 1.165) is 58.0 Å². The predicted octanol–water partition coefficient (Wildman–Crippen LogP) is 3.27. The molecule has 1 aromatic rings. The molecule has 0 unspecified atom stereocenters. The van der Waals surface area contributed by atoms with Gasteiger partial charge in [0, 0.05) is 38.3 Å². The van der Waals surface area contributed by atoms with E-state index in [2.05, 4.69) is 46.3 Å². The van der Waals surface area contributed by atoms with Crippen LogP contribution >= 0.6 is 24.8 Å². The summed E-state index contributed by atoms with van der Waals surface area (Å²) < 4.78 is 0. The molecule has 2 aliphatic heterocycles. The molecule has 2 fully saturated rings. The van der Waals surface area contributed by atoms with Gasteiger partial charge in [-0.15, -0.1) is 24.8 Å². The minimum atomic E-state index is 0. The normalized spacial score (nSPS) is 18.3. The molecule has 0 aliphatic carbocycles. The minimum Gasteiger partial charge on any atom is -0.368 e. The van der Waals surface area contributed by atoms with Crippen molar-refractivity contribution in [1.29, 1.82) is 0 Å². The predicted molar refractivity (Wildman–Crippen MR) is 109 cm³/mol. The van der Waals surface area contributed by atoms with Gasteiger partial charge in [0.05, 0.1) is 0 Å². The number of rotatable bonds is 4. The lowest BCUT2D eigenvalue weighted by Gasteiger charge is -2.36. The Hall–Kier alpha value is -0.970. The summed E-state index contributed by atoms with van der Waals surface area (Å²) in [6, 6.07) is 8.64. The van der Waals surface area contributed by atoms with Gasteiger partial charge >= 0.3 is 0 Å². The van der Waals surface area contributed by atoms with E-state index in [0.29, 0.717) is 5.91 Å². The van der Waals surface area contributed by atoms with E-state index in [-0.39, 0.29) is 24.8 Å². The molecule has 2 heterocycles. The zero-order chi connectivity index (χ0) is 16.1. The van der Waals surface area contributed by atoms with Gasteiger partial charge in [0.15, 0.2) is 0 Å². The molecular formula is C19H31Cl2N3O. The molecule has 142 valence electrons. The van der Waals surface area contributed by atoms with Crippen LogP contribution in [0.5, 0.6) is 0 Å². The summed E-state index contributed by atoms with van der Waals surface area (Å²) >= 11 is 0. The number of carbonyl (C=O) groups excluding carboxylic acids is 1. The van der Waals surface area contributed by atoms with E-state index in [1.807, 2.05) is 0 Å². The monoisotopic (exact) mass is 387 g/mol. The molecule has 6 heteroatoms. The van der Waals surface area contributed by atoms with E-state index in [9.17, 15) is 4.79 Å². The molecule has 1 N–H and O–H groups in total. The first-order valence-corrected chi connectivity index (χ1v) is 9.02. The molecule has 1 amide bonds. The molecule has 0 radical (unpaired) electrons. The smallest absolute Gasteiger partial charge is 0.222 e. The Morgan fingerprint density at radius 3 is 2.44 bits per heavy atom. The number of benzene rings is 1. The number of nitrogens with one attached hydrogen (secondary N) is 1. The number of nitrogens with zero attached hydrogens (tertiary/aromatic N) is 2. The highest BCUT2D eigenvalue weighted by Gasteiger charge is 2.22. The SMILES string of the molecule is Cc1cccc(N2CCN(C(=O)CCC3CCNCC3)CC2)c1.Cl.Cl. The third-order valence-electron chi connectivity index (χ3n) is 5.22. The van der Waals surface area contributed by atoms with Crippen LogP contribution in [0.1, 0.15) is 31.2 Å². The van der Waals surface area contributed by atoms with Crippen molar-refractivity contribution in [1.82, 2.24) is 10.2 Å². The first-order chi connectivity index (χ1) is 11.2. The average Bonchev–Trinajstić information content (AvgIpc) is 2.61. The molecule has 0 atom stereocenters. The highest BCUT2D eigenvalue weighted by atomic mass is 35.5. The summed E-state index contributed by atoms with van der Waals surface area (Å²) in [5.74, 6) is 1.10. The second kappa shape index (κ2) is 10.9. The first-order valence-electron chi connectivity index (χ1n) is 9.02. The third-order valence-corrected chi connectivity index (χ3v) is 5.22. The lowest BCUT2D eigenvalue weighted by molar-refractivity contribution is -0.131. The lowest BCUT2D eigenvalue weighted by atomic mass is 9.93. The van der Waals surface area contributed by atoms with Gasteiger partial charge < -0.3 is 15.1 Å². The summed E-state index contributed by atoms with van der Waals surface area (Å²) in [7, 11) is 0. The Labute approximate surface area is 164 Å². The van der Waals surface area contributed by atoms with Crippen LogP contribution in [0.2, 0.25) is 0 Å². The minimum absolute atomic E-state index is 0. The van der Waals surface area contributed by atoms with Gasteiger partial charge in [0.1, 0.15) is 0 Å². The average molecular weight is 388 g/mol. The number of anilines is 1. The summed E-state index contributed by atoms with van der Waals surface area (Å²) in [5, 5.41) is 3.39. The highest BCUT2D eigenvalue weighted by Crippen LogP contribution is 2.20. The van der Waals surface area contributed by atoms with Gasteiger partial charge in [-0.25, -0.2) is 0 Å². The quantitative estimate of drug-likeness (QED) is 0.860. The van der Waals surface area contributed by atoms with Crippen molar-refractivity contribution in [3.05, 3.63) is 29.8 Å². The van der Waals surface area contributed by atoms with E-state index in [4.69, 9.17) is 0 Å². The van der Waals surface area contributed by atoms with E-state index in [1.165, 1.54) is 24.1 Å². The van der Waals surface area contributed by atoms with E-state index in [1.54, 1.807) is 0 Å². The van der Waals surface area contributed by atoms with Gasteiger partial charge in [0.25, 0.3) is 0 Å². The summed E-state index contributed by atoms with van der Waals surface area (Å²) in [6.45, 7) is 7.98. The fraction of sp³-hybridized carbons (Fsp3) is 0.632. The van der Waals surface area contributed by atoms with Crippen molar-refractivity contribution in [3.8, 4) is 0 Å². The Morgan fingerprint density at radius 1 is 1.12 bits per heavy atom. The lowest BCUT2D eigenvalue weighted by Crippen LogP contribution is -2.48. The molecule has 0 aromatic heterocycles. The second-order valence-corrected chi connectivity index (χ2v) is 6.94. The van der Waals surface area contributed by atoms with Crippen molar-refractivity contribution < 1.29 is 4.79 Å². The Bertz CT molecular complexity index is 527. The maximum Gasteiger partial charge on any atom is 0.222 e. The van der Waals surface area contributed by atoms with Crippen LogP contribution in [0, 0.1) is 12.8 Å². The van der Waals surface area contributed by atoms with Crippen LogP contribution in [0.3, 0.4) is 0 Å². The molecule has 2 aliphatic rings. The fourth-order valence-corrected chi connectivity index (χ4v) is 3.69. The van der Waals surface area contributed by atoms with Crippen LogP contribution < -0.4 is 10.2 Å². The molecule has 0 bridgehead atoms. The number of amides is 1.